The third-order valence-corrected chi connectivity index (χ3v) is 3.71. The van der Waals surface area contributed by atoms with Gasteiger partial charge in [-0.1, -0.05) is 15.9 Å². The second kappa shape index (κ2) is 6.33. The second-order valence-electron chi connectivity index (χ2n) is 4.34. The van der Waals surface area contributed by atoms with Crippen molar-refractivity contribution in [2.75, 3.05) is 7.11 Å². The van der Waals surface area contributed by atoms with Crippen LogP contribution < -0.4 is 4.74 Å². The van der Waals surface area contributed by atoms with Crippen molar-refractivity contribution in [3.8, 4) is 5.75 Å². The first kappa shape index (κ1) is 14.9. The van der Waals surface area contributed by atoms with Crippen molar-refractivity contribution in [1.82, 2.24) is 0 Å². The van der Waals surface area contributed by atoms with E-state index in [0.29, 0.717) is 15.8 Å². The molecule has 0 radical (unpaired) electrons. The summed E-state index contributed by atoms with van der Waals surface area (Å²) in [7, 11) is 1.52. The SMILES string of the molecule is COc1ccc(Br)c(C(O)Cc2cc(F)ccc2F)c1. The number of hydrogen-bond donors (Lipinski definition) is 1. The number of rotatable bonds is 4. The summed E-state index contributed by atoms with van der Waals surface area (Å²) >= 11 is 3.32. The lowest BCUT2D eigenvalue weighted by Gasteiger charge is -2.14. The molecule has 0 fully saturated rings. The number of benzene rings is 2. The number of aliphatic hydroxyl groups excluding tert-OH is 1. The lowest BCUT2D eigenvalue weighted by atomic mass is 10.0. The largest absolute Gasteiger partial charge is 0.497 e. The van der Waals surface area contributed by atoms with Gasteiger partial charge < -0.3 is 9.84 Å². The van der Waals surface area contributed by atoms with E-state index in [1.54, 1.807) is 18.2 Å². The van der Waals surface area contributed by atoms with Crippen LogP contribution >= 0.6 is 15.9 Å². The highest BCUT2D eigenvalue weighted by molar-refractivity contribution is 9.10. The Morgan fingerprint density at radius 2 is 1.95 bits per heavy atom. The Hall–Kier alpha value is -1.46. The molecule has 106 valence electrons. The Balaban J connectivity index is 2.27. The van der Waals surface area contributed by atoms with Crippen molar-refractivity contribution in [2.45, 2.75) is 12.5 Å². The van der Waals surface area contributed by atoms with Gasteiger partial charge in [0, 0.05) is 10.9 Å². The molecule has 2 nitrogen and oxygen atoms in total. The average molecular weight is 343 g/mol. The first-order valence-corrected chi connectivity index (χ1v) is 6.76. The predicted octanol–water partition coefficient (Wildman–Crippen LogP) is 4.01. The molecule has 0 spiro atoms. The number of aliphatic hydroxyl groups is 1. The third kappa shape index (κ3) is 3.35. The van der Waals surface area contributed by atoms with Crippen LogP contribution in [0.2, 0.25) is 0 Å². The minimum absolute atomic E-state index is 0.0185. The molecule has 0 amide bonds. The maximum absolute atomic E-state index is 13.6. The van der Waals surface area contributed by atoms with Gasteiger partial charge in [-0.25, -0.2) is 8.78 Å². The van der Waals surface area contributed by atoms with Crippen molar-refractivity contribution in [1.29, 1.82) is 0 Å². The summed E-state index contributed by atoms with van der Waals surface area (Å²) in [5.74, 6) is -0.482. The van der Waals surface area contributed by atoms with Gasteiger partial charge in [-0.2, -0.15) is 0 Å². The van der Waals surface area contributed by atoms with Crippen molar-refractivity contribution >= 4 is 15.9 Å². The Labute approximate surface area is 124 Å². The molecule has 0 heterocycles. The maximum Gasteiger partial charge on any atom is 0.126 e. The molecule has 2 aromatic carbocycles. The van der Waals surface area contributed by atoms with E-state index in [1.807, 2.05) is 0 Å². The molecule has 0 aliphatic rings. The summed E-state index contributed by atoms with van der Waals surface area (Å²) in [5, 5.41) is 10.2. The molecule has 0 aliphatic carbocycles. The van der Waals surface area contributed by atoms with E-state index in [-0.39, 0.29) is 12.0 Å². The van der Waals surface area contributed by atoms with Crippen LogP contribution in [0.15, 0.2) is 40.9 Å². The van der Waals surface area contributed by atoms with Crippen LogP contribution in [0.5, 0.6) is 5.75 Å². The Morgan fingerprint density at radius 1 is 1.20 bits per heavy atom. The highest BCUT2D eigenvalue weighted by Gasteiger charge is 2.16. The molecule has 1 N–H and O–H groups in total. The van der Waals surface area contributed by atoms with Gasteiger partial charge in [-0.05, 0) is 47.5 Å². The fourth-order valence-corrected chi connectivity index (χ4v) is 2.43. The molecule has 0 aliphatic heterocycles. The fourth-order valence-electron chi connectivity index (χ4n) is 1.92. The van der Waals surface area contributed by atoms with Crippen molar-refractivity contribution in [3.63, 3.8) is 0 Å². The molecule has 5 heteroatoms. The quantitative estimate of drug-likeness (QED) is 0.909. The van der Waals surface area contributed by atoms with E-state index >= 15 is 0 Å². The van der Waals surface area contributed by atoms with Crippen molar-refractivity contribution in [2.24, 2.45) is 0 Å². The molecular weight excluding hydrogens is 330 g/mol. The normalized spacial score (nSPS) is 12.2. The van der Waals surface area contributed by atoms with Crippen molar-refractivity contribution in [3.05, 3.63) is 63.6 Å². The number of ether oxygens (including phenoxy) is 1. The van der Waals surface area contributed by atoms with E-state index in [0.717, 1.165) is 18.2 Å². The highest BCUT2D eigenvalue weighted by Crippen LogP contribution is 2.30. The molecule has 2 rings (SSSR count). The standard InChI is InChI=1S/C15H13BrF2O2/c1-20-11-3-4-13(16)12(8-11)15(19)7-9-6-10(17)2-5-14(9)18/h2-6,8,15,19H,7H2,1H3. The van der Waals surface area contributed by atoms with Crippen LogP contribution in [-0.4, -0.2) is 12.2 Å². The van der Waals surface area contributed by atoms with Crippen LogP contribution in [-0.2, 0) is 6.42 Å². The van der Waals surface area contributed by atoms with Gasteiger partial charge >= 0.3 is 0 Å². The zero-order chi connectivity index (χ0) is 14.7. The molecule has 1 atom stereocenters. The van der Waals surface area contributed by atoms with Gasteiger partial charge in [0.1, 0.15) is 17.4 Å². The average Bonchev–Trinajstić information content (AvgIpc) is 2.43. The molecule has 0 saturated heterocycles. The van der Waals surface area contributed by atoms with Crippen LogP contribution in [0.1, 0.15) is 17.2 Å². The zero-order valence-corrected chi connectivity index (χ0v) is 12.3. The van der Waals surface area contributed by atoms with Gasteiger partial charge in [0.15, 0.2) is 0 Å². The Bertz CT molecular complexity index is 617. The van der Waals surface area contributed by atoms with Crippen molar-refractivity contribution < 1.29 is 18.6 Å². The van der Waals surface area contributed by atoms with E-state index < -0.39 is 17.7 Å². The summed E-state index contributed by atoms with van der Waals surface area (Å²) < 4.78 is 32.5. The van der Waals surface area contributed by atoms with E-state index in [4.69, 9.17) is 4.74 Å². The minimum Gasteiger partial charge on any atom is -0.497 e. The minimum atomic E-state index is -0.962. The monoisotopic (exact) mass is 342 g/mol. The van der Waals surface area contributed by atoms with Gasteiger partial charge in [-0.3, -0.25) is 0 Å². The van der Waals surface area contributed by atoms with E-state index in [1.165, 1.54) is 7.11 Å². The molecule has 20 heavy (non-hydrogen) atoms. The van der Waals surface area contributed by atoms with Crippen LogP contribution in [0, 0.1) is 11.6 Å². The van der Waals surface area contributed by atoms with Gasteiger partial charge in [0.2, 0.25) is 0 Å². The molecule has 0 bridgehead atoms. The Morgan fingerprint density at radius 3 is 2.65 bits per heavy atom. The molecule has 2 aromatic rings. The first-order valence-electron chi connectivity index (χ1n) is 5.96. The molecular formula is C15H13BrF2O2. The topological polar surface area (TPSA) is 29.5 Å². The molecule has 1 unspecified atom stereocenters. The summed E-state index contributed by atoms with van der Waals surface area (Å²) in [6.07, 6.45) is -0.981. The highest BCUT2D eigenvalue weighted by atomic mass is 79.9. The molecule has 0 saturated carbocycles. The zero-order valence-electron chi connectivity index (χ0n) is 10.7. The number of hydrogen-bond acceptors (Lipinski definition) is 2. The first-order chi connectivity index (χ1) is 9.51. The Kier molecular flexibility index (Phi) is 4.73. The summed E-state index contributed by atoms with van der Waals surface area (Å²) in [5.41, 5.74) is 0.695. The maximum atomic E-state index is 13.6. The second-order valence-corrected chi connectivity index (χ2v) is 5.20. The number of methoxy groups -OCH3 is 1. The summed E-state index contributed by atoms with van der Waals surface area (Å²) in [6, 6.07) is 8.33. The van der Waals surface area contributed by atoms with E-state index in [9.17, 15) is 13.9 Å². The predicted molar refractivity (Wildman–Crippen MR) is 75.7 cm³/mol. The summed E-state index contributed by atoms with van der Waals surface area (Å²) in [6.45, 7) is 0. The molecule has 0 aromatic heterocycles. The third-order valence-electron chi connectivity index (χ3n) is 2.98. The van der Waals surface area contributed by atoms with Gasteiger partial charge in [0.05, 0.1) is 13.2 Å². The lowest BCUT2D eigenvalue weighted by Crippen LogP contribution is -2.05. The number of halogens is 3. The lowest BCUT2D eigenvalue weighted by molar-refractivity contribution is 0.176. The summed E-state index contributed by atoms with van der Waals surface area (Å²) in [4.78, 5) is 0. The van der Waals surface area contributed by atoms with Crippen LogP contribution in [0.4, 0.5) is 8.78 Å². The van der Waals surface area contributed by atoms with Crippen LogP contribution in [0.25, 0.3) is 0 Å². The van der Waals surface area contributed by atoms with Gasteiger partial charge in [0.25, 0.3) is 0 Å². The van der Waals surface area contributed by atoms with E-state index in [2.05, 4.69) is 15.9 Å². The fraction of sp³-hybridized carbons (Fsp3) is 0.200. The van der Waals surface area contributed by atoms with Crippen LogP contribution in [0.3, 0.4) is 0 Å². The smallest absolute Gasteiger partial charge is 0.126 e. The van der Waals surface area contributed by atoms with Gasteiger partial charge in [-0.15, -0.1) is 0 Å².